The van der Waals surface area contributed by atoms with Gasteiger partial charge in [-0.15, -0.1) is 0 Å². The van der Waals surface area contributed by atoms with Crippen LogP contribution in [-0.2, 0) is 4.74 Å². The molecule has 2 aliphatic heterocycles. The minimum atomic E-state index is 0.597. The monoisotopic (exact) mass is 113 g/mol. The van der Waals surface area contributed by atoms with Gasteiger partial charge in [0.2, 0.25) is 0 Å². The Bertz CT molecular complexity index is 105. The van der Waals surface area contributed by atoms with Crippen molar-refractivity contribution in [3.8, 4) is 0 Å². The molecule has 0 aliphatic carbocycles. The fourth-order valence-electron chi connectivity index (χ4n) is 1.60. The molecule has 2 heteroatoms. The van der Waals surface area contributed by atoms with E-state index in [1.807, 2.05) is 0 Å². The van der Waals surface area contributed by atoms with E-state index in [9.17, 15) is 0 Å². The Morgan fingerprint density at radius 2 is 2.50 bits per heavy atom. The Morgan fingerprint density at radius 3 is 3.00 bits per heavy atom. The number of likely N-dealkylation sites (tertiary alicyclic amines) is 1. The highest BCUT2D eigenvalue weighted by atomic mass is 16.5. The van der Waals surface area contributed by atoms with Gasteiger partial charge in [-0.25, -0.2) is 0 Å². The normalized spacial score (nSPS) is 46.1. The maximum atomic E-state index is 5.38. The lowest BCUT2D eigenvalue weighted by molar-refractivity contribution is -0.0242. The summed E-state index contributed by atoms with van der Waals surface area (Å²) >= 11 is 0. The number of hydrogen-bond acceptors (Lipinski definition) is 2. The second kappa shape index (κ2) is 1.45. The quantitative estimate of drug-likeness (QED) is 0.441. The summed E-state index contributed by atoms with van der Waals surface area (Å²) in [6, 6.07) is 0.773. The van der Waals surface area contributed by atoms with Crippen LogP contribution in [-0.4, -0.2) is 37.2 Å². The van der Waals surface area contributed by atoms with Crippen LogP contribution in [0.15, 0.2) is 0 Å². The number of rotatable bonds is 0. The summed E-state index contributed by atoms with van der Waals surface area (Å²) in [5.41, 5.74) is 0. The van der Waals surface area contributed by atoms with E-state index < -0.39 is 0 Å². The van der Waals surface area contributed by atoms with Gasteiger partial charge in [-0.3, -0.25) is 4.90 Å². The summed E-state index contributed by atoms with van der Waals surface area (Å²) in [5.74, 6) is 0. The van der Waals surface area contributed by atoms with E-state index >= 15 is 0 Å². The van der Waals surface area contributed by atoms with Crippen molar-refractivity contribution in [2.75, 3.05) is 20.2 Å². The molecule has 0 N–H and O–H groups in total. The number of hydrogen-bond donors (Lipinski definition) is 0. The van der Waals surface area contributed by atoms with E-state index in [1.54, 1.807) is 0 Å². The Balaban J connectivity index is 2.02. The lowest BCUT2D eigenvalue weighted by atomic mass is 10.0. The molecule has 0 aromatic carbocycles. The summed E-state index contributed by atoms with van der Waals surface area (Å²) in [5, 5.41) is 0. The molecule has 0 aromatic heterocycles. The number of nitrogens with zero attached hydrogens (tertiary/aromatic N) is 1. The smallest absolute Gasteiger partial charge is 0.0857 e. The Morgan fingerprint density at radius 1 is 1.62 bits per heavy atom. The first-order valence-electron chi connectivity index (χ1n) is 3.20. The highest BCUT2D eigenvalue weighted by Gasteiger charge is 2.40. The molecular weight excluding hydrogens is 102 g/mol. The summed E-state index contributed by atoms with van der Waals surface area (Å²) < 4.78 is 5.38. The molecule has 0 spiro atoms. The molecule has 2 atom stereocenters. The number of ether oxygens (including phenoxy) is 1. The van der Waals surface area contributed by atoms with Gasteiger partial charge in [0.1, 0.15) is 0 Å². The number of likely N-dealkylation sites (N-methyl/N-ethyl adjacent to an activating group) is 1. The first-order chi connectivity index (χ1) is 3.88. The lowest BCUT2D eigenvalue weighted by Crippen LogP contribution is -2.55. The van der Waals surface area contributed by atoms with E-state index in [2.05, 4.69) is 11.9 Å². The third-order valence-electron chi connectivity index (χ3n) is 2.21. The molecule has 2 heterocycles. The van der Waals surface area contributed by atoms with Gasteiger partial charge in [0.25, 0.3) is 0 Å². The second-order valence-electron chi connectivity index (χ2n) is 2.70. The third kappa shape index (κ3) is 0.446. The Kier molecular flexibility index (Phi) is 0.866. The predicted molar refractivity (Wildman–Crippen MR) is 30.8 cm³/mol. The average Bonchev–Trinajstić information content (AvgIpc) is 2.09. The second-order valence-corrected chi connectivity index (χ2v) is 2.70. The molecule has 0 saturated carbocycles. The van der Waals surface area contributed by atoms with Crippen molar-refractivity contribution in [2.45, 2.75) is 18.6 Å². The van der Waals surface area contributed by atoms with Crippen LogP contribution in [0, 0.1) is 0 Å². The van der Waals surface area contributed by atoms with Gasteiger partial charge >= 0.3 is 0 Å². The highest BCUT2D eigenvalue weighted by Crippen LogP contribution is 2.27. The summed E-state index contributed by atoms with van der Waals surface area (Å²) in [6.07, 6.45) is 1.85. The first kappa shape index (κ1) is 4.77. The SMILES string of the molecule is CN1CC2OCCC21. The Hall–Kier alpha value is -0.0800. The zero-order valence-corrected chi connectivity index (χ0v) is 5.13. The molecule has 0 radical (unpaired) electrons. The molecular formula is C6H11NO. The number of fused-ring (bicyclic) bond motifs is 1. The van der Waals surface area contributed by atoms with Crippen molar-refractivity contribution >= 4 is 0 Å². The maximum Gasteiger partial charge on any atom is 0.0857 e. The van der Waals surface area contributed by atoms with Gasteiger partial charge in [-0.2, -0.15) is 0 Å². The van der Waals surface area contributed by atoms with Crippen LogP contribution >= 0.6 is 0 Å². The molecule has 46 valence electrons. The van der Waals surface area contributed by atoms with Crippen molar-refractivity contribution in [3.63, 3.8) is 0 Å². The lowest BCUT2D eigenvalue weighted by Gasteiger charge is -2.39. The zero-order chi connectivity index (χ0) is 5.56. The van der Waals surface area contributed by atoms with Gasteiger partial charge in [0.15, 0.2) is 0 Å². The standard InChI is InChI=1S/C6H11NO/c1-7-4-6-5(7)2-3-8-6/h5-6H,2-4H2,1H3. The zero-order valence-electron chi connectivity index (χ0n) is 5.13. The van der Waals surface area contributed by atoms with Crippen LogP contribution in [0.5, 0.6) is 0 Å². The molecule has 2 nitrogen and oxygen atoms in total. The highest BCUT2D eigenvalue weighted by molar-refractivity contribution is 4.94. The van der Waals surface area contributed by atoms with Gasteiger partial charge in [0, 0.05) is 19.2 Å². The third-order valence-corrected chi connectivity index (χ3v) is 2.21. The van der Waals surface area contributed by atoms with Crippen LogP contribution in [0.3, 0.4) is 0 Å². The fourth-order valence-corrected chi connectivity index (χ4v) is 1.60. The van der Waals surface area contributed by atoms with Crippen molar-refractivity contribution in [1.29, 1.82) is 0 Å². The van der Waals surface area contributed by atoms with Crippen molar-refractivity contribution < 1.29 is 4.74 Å². The molecule has 2 saturated heterocycles. The summed E-state index contributed by atoms with van der Waals surface area (Å²) in [7, 11) is 2.16. The molecule has 2 fully saturated rings. The molecule has 0 amide bonds. The van der Waals surface area contributed by atoms with Crippen LogP contribution < -0.4 is 0 Å². The van der Waals surface area contributed by atoms with E-state index in [0.717, 1.165) is 19.2 Å². The molecule has 0 bridgehead atoms. The van der Waals surface area contributed by atoms with Crippen LogP contribution in [0.2, 0.25) is 0 Å². The van der Waals surface area contributed by atoms with E-state index in [-0.39, 0.29) is 0 Å². The van der Waals surface area contributed by atoms with Gasteiger partial charge < -0.3 is 4.74 Å². The van der Waals surface area contributed by atoms with Crippen molar-refractivity contribution in [1.82, 2.24) is 4.90 Å². The first-order valence-corrected chi connectivity index (χ1v) is 3.20. The fraction of sp³-hybridized carbons (Fsp3) is 1.00. The van der Waals surface area contributed by atoms with E-state index in [1.165, 1.54) is 6.42 Å². The van der Waals surface area contributed by atoms with E-state index in [0.29, 0.717) is 6.10 Å². The summed E-state index contributed by atoms with van der Waals surface area (Å²) in [6.45, 7) is 2.14. The van der Waals surface area contributed by atoms with E-state index in [4.69, 9.17) is 4.74 Å². The topological polar surface area (TPSA) is 12.5 Å². The van der Waals surface area contributed by atoms with Crippen LogP contribution in [0.4, 0.5) is 0 Å². The molecule has 8 heavy (non-hydrogen) atoms. The molecule has 2 unspecified atom stereocenters. The van der Waals surface area contributed by atoms with Gasteiger partial charge in [0.05, 0.1) is 6.10 Å². The van der Waals surface area contributed by atoms with Crippen molar-refractivity contribution in [2.24, 2.45) is 0 Å². The predicted octanol–water partition coefficient (Wildman–Crippen LogP) is 0.0893. The van der Waals surface area contributed by atoms with Crippen LogP contribution in [0.25, 0.3) is 0 Å². The average molecular weight is 113 g/mol. The minimum absolute atomic E-state index is 0.597. The van der Waals surface area contributed by atoms with Crippen LogP contribution in [0.1, 0.15) is 6.42 Å². The van der Waals surface area contributed by atoms with Gasteiger partial charge in [-0.1, -0.05) is 0 Å². The largest absolute Gasteiger partial charge is 0.375 e. The molecule has 2 aliphatic rings. The molecule has 0 aromatic rings. The van der Waals surface area contributed by atoms with Gasteiger partial charge in [-0.05, 0) is 13.5 Å². The summed E-state index contributed by atoms with van der Waals surface area (Å²) in [4.78, 5) is 2.36. The van der Waals surface area contributed by atoms with Crippen molar-refractivity contribution in [3.05, 3.63) is 0 Å². The minimum Gasteiger partial charge on any atom is -0.375 e. The maximum absolute atomic E-state index is 5.38. The molecule has 2 rings (SSSR count). The Labute approximate surface area is 49.4 Å².